The van der Waals surface area contributed by atoms with Crippen LogP contribution in [0.3, 0.4) is 0 Å². The van der Waals surface area contributed by atoms with E-state index in [1.165, 1.54) is 38.7 Å². The van der Waals surface area contributed by atoms with Gasteiger partial charge in [-0.05, 0) is 43.3 Å². The summed E-state index contributed by atoms with van der Waals surface area (Å²) >= 11 is 0. The minimum absolute atomic E-state index is 0.0826. The number of aromatic nitrogens is 4. The molecule has 3 heterocycles. The maximum atomic E-state index is 13.1. The Hall–Kier alpha value is -4.72. The third kappa shape index (κ3) is 6.64. The van der Waals surface area contributed by atoms with E-state index < -0.39 is 11.7 Å². The number of nitrogens with two attached hydrogens (primary N) is 2. The number of oxazole rings is 1. The Kier molecular flexibility index (Phi) is 8.48. The van der Waals surface area contributed by atoms with E-state index in [9.17, 15) is 13.2 Å². The number of benzene rings is 1. The third-order valence-electron chi connectivity index (χ3n) is 5.58. The largest absolute Gasteiger partial charge is 0.493 e. The quantitative estimate of drug-likeness (QED) is 0.190. The zero-order chi connectivity index (χ0) is 28.9. The minimum atomic E-state index is -4.47. The lowest BCUT2D eigenvalue weighted by Gasteiger charge is -2.10. The number of ether oxygens (including phenoxy) is 2. The molecule has 4 aromatic rings. The number of aliphatic imine (C=N–C) groups is 1. The zero-order valence-electron chi connectivity index (χ0n) is 21.9. The van der Waals surface area contributed by atoms with Crippen molar-refractivity contribution in [2.75, 3.05) is 38.4 Å². The fraction of sp³-hybridized carbons (Fsp3) is 0.269. The maximum Gasteiger partial charge on any atom is 0.416 e. The molecule has 210 valence electrons. The van der Waals surface area contributed by atoms with Crippen LogP contribution < -0.4 is 21.5 Å². The highest BCUT2D eigenvalue weighted by atomic mass is 19.4. The van der Waals surface area contributed by atoms with Crippen molar-refractivity contribution in [3.8, 4) is 39.9 Å². The normalized spacial score (nSPS) is 12.8. The Morgan fingerprint density at radius 3 is 2.52 bits per heavy atom. The lowest BCUT2D eigenvalue weighted by Crippen LogP contribution is -2.24. The lowest BCUT2D eigenvalue weighted by atomic mass is 10.1. The van der Waals surface area contributed by atoms with Crippen LogP contribution in [0.15, 0.2) is 58.2 Å². The third-order valence-corrected chi connectivity index (χ3v) is 5.58. The Bertz CT molecular complexity index is 1490. The van der Waals surface area contributed by atoms with Gasteiger partial charge in [-0.2, -0.15) is 13.2 Å². The van der Waals surface area contributed by atoms with E-state index in [0.717, 1.165) is 12.1 Å². The second-order valence-electron chi connectivity index (χ2n) is 8.63. The first-order valence-corrected chi connectivity index (χ1v) is 12.0. The van der Waals surface area contributed by atoms with Crippen LogP contribution in [0.2, 0.25) is 0 Å². The van der Waals surface area contributed by atoms with Crippen molar-refractivity contribution >= 4 is 17.6 Å². The van der Waals surface area contributed by atoms with Crippen LogP contribution in [0.1, 0.15) is 12.5 Å². The molecule has 11 nitrogen and oxygen atoms in total. The number of pyridine rings is 1. The summed E-state index contributed by atoms with van der Waals surface area (Å²) in [5.41, 5.74) is 12.4. The minimum Gasteiger partial charge on any atom is -0.493 e. The molecule has 5 N–H and O–H groups in total. The first-order chi connectivity index (χ1) is 19.1. The summed E-state index contributed by atoms with van der Waals surface area (Å²) in [4.78, 5) is 21.8. The van der Waals surface area contributed by atoms with Gasteiger partial charge in [0.2, 0.25) is 11.8 Å². The van der Waals surface area contributed by atoms with E-state index in [2.05, 4.69) is 30.2 Å². The second kappa shape index (κ2) is 12.0. The number of methoxy groups -OCH3 is 2. The molecule has 0 fully saturated rings. The van der Waals surface area contributed by atoms with Crippen molar-refractivity contribution in [1.82, 2.24) is 19.9 Å². The second-order valence-corrected chi connectivity index (χ2v) is 8.63. The zero-order valence-corrected chi connectivity index (χ0v) is 21.9. The van der Waals surface area contributed by atoms with Gasteiger partial charge in [-0.25, -0.2) is 19.9 Å². The van der Waals surface area contributed by atoms with E-state index in [-0.39, 0.29) is 36.1 Å². The molecule has 14 heteroatoms. The molecule has 0 aliphatic heterocycles. The number of nitrogens with zero attached hydrogens (tertiary/aromatic N) is 5. The van der Waals surface area contributed by atoms with Crippen LogP contribution in [-0.2, 0) is 10.9 Å². The fourth-order valence-electron chi connectivity index (χ4n) is 3.69. The smallest absolute Gasteiger partial charge is 0.416 e. The number of anilines is 2. The van der Waals surface area contributed by atoms with Crippen LogP contribution in [0.25, 0.3) is 34.2 Å². The van der Waals surface area contributed by atoms with Crippen LogP contribution in [-0.4, -0.2) is 59.2 Å². The van der Waals surface area contributed by atoms with Crippen LogP contribution in [0, 0.1) is 0 Å². The SMILES string of the molecule is COCC(N)=N[C@@H](C)CNc1nccc(-c2oc(-c3ccc(C(F)(F)F)cc3)nc2-c2cnc(N)c(OC)c2)n1. The summed E-state index contributed by atoms with van der Waals surface area (Å²) in [6.07, 6.45) is -1.45. The van der Waals surface area contributed by atoms with Gasteiger partial charge in [0.15, 0.2) is 17.3 Å². The molecule has 0 bridgehead atoms. The van der Waals surface area contributed by atoms with Crippen LogP contribution in [0.4, 0.5) is 24.9 Å². The van der Waals surface area contributed by atoms with Crippen LogP contribution >= 0.6 is 0 Å². The molecule has 0 spiro atoms. The first-order valence-electron chi connectivity index (χ1n) is 12.0. The van der Waals surface area contributed by atoms with Crippen molar-refractivity contribution in [1.29, 1.82) is 0 Å². The molecule has 0 aliphatic rings. The molecule has 1 atom stereocenters. The van der Waals surface area contributed by atoms with Crippen molar-refractivity contribution in [2.45, 2.75) is 19.1 Å². The highest BCUT2D eigenvalue weighted by Crippen LogP contribution is 2.38. The Balaban J connectivity index is 1.71. The van der Waals surface area contributed by atoms with E-state index in [1.54, 1.807) is 12.1 Å². The number of amidine groups is 1. The van der Waals surface area contributed by atoms with Gasteiger partial charge < -0.3 is 30.7 Å². The summed E-state index contributed by atoms with van der Waals surface area (Å²) in [6.45, 7) is 2.47. The number of nitrogens with one attached hydrogen (secondary N) is 1. The first kappa shape index (κ1) is 28.3. The monoisotopic (exact) mass is 556 g/mol. The standard InChI is InChI=1S/C26H27F3N8O3/c1-14(35-20(30)13-38-2)11-34-25-32-9-8-18(36-25)22-21(16-10-19(39-3)23(31)33-12-16)37-24(40-22)15-4-6-17(7-5-15)26(27,28)29/h4-10,12,14H,11,13H2,1-3H3,(H2,30,35)(H2,31,33)(H,32,34,36)/t14-/m0/s1. The number of alkyl halides is 3. The Morgan fingerprint density at radius 2 is 1.85 bits per heavy atom. The number of rotatable bonds is 10. The van der Waals surface area contributed by atoms with E-state index in [4.69, 9.17) is 25.4 Å². The van der Waals surface area contributed by atoms with E-state index in [1.807, 2.05) is 6.92 Å². The molecule has 1 aromatic carbocycles. The maximum absolute atomic E-state index is 13.1. The van der Waals surface area contributed by atoms with Crippen molar-refractivity contribution in [2.24, 2.45) is 10.7 Å². The van der Waals surface area contributed by atoms with E-state index >= 15 is 0 Å². The predicted molar refractivity (Wildman–Crippen MR) is 144 cm³/mol. The molecule has 3 aromatic heterocycles. The molecular weight excluding hydrogens is 529 g/mol. The van der Waals surface area contributed by atoms with Gasteiger partial charge in [0.25, 0.3) is 0 Å². The lowest BCUT2D eigenvalue weighted by molar-refractivity contribution is -0.137. The van der Waals surface area contributed by atoms with Crippen molar-refractivity contribution < 1.29 is 27.1 Å². The fourth-order valence-corrected chi connectivity index (χ4v) is 3.69. The summed E-state index contributed by atoms with van der Waals surface area (Å²) < 4.78 is 55.6. The van der Waals surface area contributed by atoms with Gasteiger partial charge in [0.1, 0.15) is 23.8 Å². The van der Waals surface area contributed by atoms with Crippen molar-refractivity contribution in [3.63, 3.8) is 0 Å². The molecule has 0 saturated heterocycles. The summed E-state index contributed by atoms with van der Waals surface area (Å²) in [6, 6.07) is 7.55. The topological polar surface area (TPSA) is 160 Å². The van der Waals surface area contributed by atoms with Gasteiger partial charge in [0.05, 0.1) is 18.7 Å². The van der Waals surface area contributed by atoms with Gasteiger partial charge in [-0.3, -0.25) is 4.99 Å². The van der Waals surface area contributed by atoms with Crippen LogP contribution in [0.5, 0.6) is 5.75 Å². The summed E-state index contributed by atoms with van der Waals surface area (Å²) in [7, 11) is 2.98. The average Bonchev–Trinajstić information content (AvgIpc) is 3.38. The average molecular weight is 557 g/mol. The predicted octanol–water partition coefficient (Wildman–Crippen LogP) is 4.27. The number of hydrogen-bond acceptors (Lipinski definition) is 10. The van der Waals surface area contributed by atoms with Gasteiger partial charge in [-0.1, -0.05) is 0 Å². The number of halogens is 3. The summed E-state index contributed by atoms with van der Waals surface area (Å²) in [5, 5.41) is 3.10. The molecule has 4 rings (SSSR count). The van der Waals surface area contributed by atoms with E-state index in [0.29, 0.717) is 40.6 Å². The summed E-state index contributed by atoms with van der Waals surface area (Å²) in [5.74, 6) is 1.46. The Morgan fingerprint density at radius 1 is 1.10 bits per heavy atom. The highest BCUT2D eigenvalue weighted by molar-refractivity contribution is 5.81. The molecule has 0 radical (unpaired) electrons. The molecular formula is C26H27F3N8O3. The van der Waals surface area contributed by atoms with Gasteiger partial charge in [0, 0.05) is 37.2 Å². The molecule has 40 heavy (non-hydrogen) atoms. The van der Waals surface area contributed by atoms with Gasteiger partial charge in [-0.15, -0.1) is 0 Å². The molecule has 0 amide bonds. The van der Waals surface area contributed by atoms with Crippen molar-refractivity contribution in [3.05, 3.63) is 54.4 Å². The molecule has 0 saturated carbocycles. The van der Waals surface area contributed by atoms with Gasteiger partial charge >= 0.3 is 6.18 Å². The number of nitrogen functional groups attached to an aromatic ring is 1. The highest BCUT2D eigenvalue weighted by Gasteiger charge is 2.30. The Labute approximate surface area is 227 Å². The number of hydrogen-bond donors (Lipinski definition) is 3. The molecule has 0 aliphatic carbocycles. The molecule has 0 unspecified atom stereocenters.